The van der Waals surface area contributed by atoms with Gasteiger partial charge >= 0.3 is 0 Å². The molecule has 1 fully saturated rings. The molecule has 0 radical (unpaired) electrons. The molecule has 1 heterocycles. The Morgan fingerprint density at radius 3 is 2.31 bits per heavy atom. The number of benzene rings is 2. The number of nitrogens with two attached hydrogens (primary N) is 2. The van der Waals surface area contributed by atoms with Crippen molar-refractivity contribution >= 4 is 17.7 Å². The molecule has 2 aromatic rings. The molecule has 0 saturated carbocycles. The van der Waals surface area contributed by atoms with Crippen molar-refractivity contribution in [2.24, 2.45) is 16.9 Å². The van der Waals surface area contributed by atoms with Crippen molar-refractivity contribution < 1.29 is 19.1 Å². The van der Waals surface area contributed by atoms with Crippen LogP contribution in [0.4, 0.5) is 0 Å². The third-order valence-electron chi connectivity index (χ3n) is 6.89. The van der Waals surface area contributed by atoms with Crippen LogP contribution in [0.15, 0.2) is 42.5 Å². The fourth-order valence-corrected chi connectivity index (χ4v) is 4.51. The Labute approximate surface area is 207 Å². The first-order chi connectivity index (χ1) is 16.8. The van der Waals surface area contributed by atoms with E-state index >= 15 is 0 Å². The highest BCUT2D eigenvalue weighted by molar-refractivity contribution is 5.95. The highest BCUT2D eigenvalue weighted by Crippen LogP contribution is 2.34. The predicted octanol–water partition coefficient (Wildman–Crippen LogP) is 2.17. The Morgan fingerprint density at radius 1 is 1.03 bits per heavy atom. The van der Waals surface area contributed by atoms with E-state index in [0.29, 0.717) is 38.2 Å². The molecule has 1 saturated heterocycles. The zero-order valence-corrected chi connectivity index (χ0v) is 20.6. The van der Waals surface area contributed by atoms with Gasteiger partial charge in [-0.3, -0.25) is 14.4 Å². The number of hydrogen-bond donors (Lipinski definition) is 3. The van der Waals surface area contributed by atoms with E-state index in [4.69, 9.17) is 16.2 Å². The summed E-state index contributed by atoms with van der Waals surface area (Å²) >= 11 is 0. The first-order valence-corrected chi connectivity index (χ1v) is 12.2. The zero-order valence-electron chi connectivity index (χ0n) is 20.6. The van der Waals surface area contributed by atoms with Crippen LogP contribution in [0.25, 0.3) is 0 Å². The first-order valence-electron chi connectivity index (χ1n) is 12.2. The minimum absolute atomic E-state index is 0.0602. The monoisotopic (exact) mass is 480 g/mol. The smallest absolute Gasteiger partial charge is 0.252 e. The summed E-state index contributed by atoms with van der Waals surface area (Å²) in [6.45, 7) is 5.35. The van der Waals surface area contributed by atoms with Crippen LogP contribution >= 0.6 is 0 Å². The Balaban J connectivity index is 1.82. The standard InChI is InChI=1S/C27H36N4O4/c1-3-19-9-10-22(25(29)33)23(15-19)35-18-27(11-13-31(14-12-27)24(32)16-28)26(34)30-17-21-8-6-5-7-20(21)4-2/h5-10,15H,3-4,11-14,16-18,28H2,1-2H3,(H2,29,33)(H,30,34). The second-order valence-corrected chi connectivity index (χ2v) is 9.01. The molecular weight excluding hydrogens is 444 g/mol. The number of likely N-dealkylation sites (tertiary alicyclic amines) is 1. The first kappa shape index (κ1) is 26.2. The topological polar surface area (TPSA) is 128 Å². The van der Waals surface area contributed by atoms with Crippen LogP contribution in [0, 0.1) is 5.41 Å². The molecule has 3 amide bonds. The fourth-order valence-electron chi connectivity index (χ4n) is 4.51. The third-order valence-corrected chi connectivity index (χ3v) is 6.89. The maximum absolute atomic E-state index is 13.6. The number of nitrogens with one attached hydrogen (secondary N) is 1. The van der Waals surface area contributed by atoms with E-state index < -0.39 is 11.3 Å². The Bertz CT molecular complexity index is 1060. The number of rotatable bonds is 10. The number of primary amides is 1. The summed E-state index contributed by atoms with van der Waals surface area (Å²) in [7, 11) is 0. The molecule has 8 heteroatoms. The second-order valence-electron chi connectivity index (χ2n) is 9.01. The summed E-state index contributed by atoms with van der Waals surface area (Å²) in [6.07, 6.45) is 2.51. The molecule has 3 rings (SSSR count). The third kappa shape index (κ3) is 6.19. The molecule has 1 aliphatic rings. The number of carbonyl (C=O) groups is 3. The highest BCUT2D eigenvalue weighted by atomic mass is 16.5. The van der Waals surface area contributed by atoms with Gasteiger partial charge in [0.05, 0.1) is 17.5 Å². The molecule has 0 unspecified atom stereocenters. The molecule has 5 N–H and O–H groups in total. The fraction of sp³-hybridized carbons (Fsp3) is 0.444. The van der Waals surface area contributed by atoms with E-state index in [1.807, 2.05) is 31.2 Å². The lowest BCUT2D eigenvalue weighted by atomic mass is 9.78. The summed E-state index contributed by atoms with van der Waals surface area (Å²) in [6, 6.07) is 13.3. The second kappa shape index (κ2) is 11.8. The maximum Gasteiger partial charge on any atom is 0.252 e. The van der Waals surface area contributed by atoms with Gasteiger partial charge < -0.3 is 26.4 Å². The summed E-state index contributed by atoms with van der Waals surface area (Å²) in [5.74, 6) is -0.472. The molecule has 0 atom stereocenters. The number of nitrogens with zero attached hydrogens (tertiary/aromatic N) is 1. The zero-order chi connectivity index (χ0) is 25.4. The molecule has 1 aliphatic heterocycles. The number of hydrogen-bond acceptors (Lipinski definition) is 5. The number of aryl methyl sites for hydroxylation is 2. The summed E-state index contributed by atoms with van der Waals surface area (Å²) in [5, 5.41) is 3.10. The van der Waals surface area contributed by atoms with Crippen LogP contribution in [0.3, 0.4) is 0 Å². The highest BCUT2D eigenvalue weighted by Gasteiger charge is 2.43. The van der Waals surface area contributed by atoms with Gasteiger partial charge in [-0.2, -0.15) is 0 Å². The lowest BCUT2D eigenvalue weighted by Gasteiger charge is -2.40. The van der Waals surface area contributed by atoms with Crippen molar-refractivity contribution in [2.75, 3.05) is 26.2 Å². The number of piperidine rings is 1. The minimum Gasteiger partial charge on any atom is -0.492 e. The van der Waals surface area contributed by atoms with Crippen LogP contribution in [-0.2, 0) is 29.0 Å². The van der Waals surface area contributed by atoms with Gasteiger partial charge in [0.25, 0.3) is 5.91 Å². The minimum atomic E-state index is -0.857. The van der Waals surface area contributed by atoms with Crippen LogP contribution in [0.2, 0.25) is 0 Å². The van der Waals surface area contributed by atoms with Crippen molar-refractivity contribution in [3.8, 4) is 5.75 Å². The van der Waals surface area contributed by atoms with Gasteiger partial charge in [-0.1, -0.05) is 44.2 Å². The van der Waals surface area contributed by atoms with E-state index in [-0.39, 0.29) is 30.5 Å². The van der Waals surface area contributed by atoms with Gasteiger partial charge in [0, 0.05) is 19.6 Å². The number of ether oxygens (including phenoxy) is 1. The van der Waals surface area contributed by atoms with Crippen molar-refractivity contribution in [3.63, 3.8) is 0 Å². The van der Waals surface area contributed by atoms with Gasteiger partial charge in [0.15, 0.2) is 0 Å². The van der Waals surface area contributed by atoms with Gasteiger partial charge in [-0.05, 0) is 54.5 Å². The van der Waals surface area contributed by atoms with Gasteiger partial charge in [-0.15, -0.1) is 0 Å². The quantitative estimate of drug-likeness (QED) is 0.480. The normalized spacial score (nSPS) is 14.9. The predicted molar refractivity (Wildman–Crippen MR) is 135 cm³/mol. The summed E-state index contributed by atoms with van der Waals surface area (Å²) in [4.78, 5) is 39.4. The van der Waals surface area contributed by atoms with Crippen molar-refractivity contribution in [3.05, 3.63) is 64.7 Å². The Kier molecular flexibility index (Phi) is 8.87. The van der Waals surface area contributed by atoms with Crippen LogP contribution in [0.1, 0.15) is 53.7 Å². The van der Waals surface area contributed by atoms with E-state index in [1.54, 1.807) is 17.0 Å². The molecule has 0 spiro atoms. The van der Waals surface area contributed by atoms with Crippen molar-refractivity contribution in [1.82, 2.24) is 10.2 Å². The molecule has 0 aliphatic carbocycles. The molecular formula is C27H36N4O4. The molecule has 0 aromatic heterocycles. The maximum atomic E-state index is 13.6. The molecule has 0 bridgehead atoms. The molecule has 188 valence electrons. The summed E-state index contributed by atoms with van der Waals surface area (Å²) < 4.78 is 6.13. The molecule has 35 heavy (non-hydrogen) atoms. The van der Waals surface area contributed by atoms with Gasteiger partial charge in [0.2, 0.25) is 11.8 Å². The summed E-state index contributed by atoms with van der Waals surface area (Å²) in [5.41, 5.74) is 13.8. The lowest BCUT2D eigenvalue weighted by molar-refractivity contribution is -0.141. The van der Waals surface area contributed by atoms with E-state index in [2.05, 4.69) is 18.3 Å². The molecule has 8 nitrogen and oxygen atoms in total. The Morgan fingerprint density at radius 2 is 1.71 bits per heavy atom. The number of carbonyl (C=O) groups excluding carboxylic acids is 3. The van der Waals surface area contributed by atoms with Crippen LogP contribution < -0.4 is 21.5 Å². The van der Waals surface area contributed by atoms with Crippen LogP contribution in [-0.4, -0.2) is 48.9 Å². The molecule has 2 aromatic carbocycles. The van der Waals surface area contributed by atoms with E-state index in [9.17, 15) is 14.4 Å². The SMILES string of the molecule is CCc1ccc(C(N)=O)c(OCC2(C(=O)NCc3ccccc3CC)CCN(C(=O)CN)CC2)c1. The average Bonchev–Trinajstić information content (AvgIpc) is 2.90. The average molecular weight is 481 g/mol. The van der Waals surface area contributed by atoms with E-state index in [1.165, 1.54) is 5.56 Å². The largest absolute Gasteiger partial charge is 0.492 e. The van der Waals surface area contributed by atoms with Crippen molar-refractivity contribution in [1.29, 1.82) is 0 Å². The lowest BCUT2D eigenvalue weighted by Crippen LogP contribution is -2.53. The van der Waals surface area contributed by atoms with Crippen molar-refractivity contribution in [2.45, 2.75) is 46.1 Å². The van der Waals surface area contributed by atoms with Crippen LogP contribution in [0.5, 0.6) is 5.75 Å². The van der Waals surface area contributed by atoms with Gasteiger partial charge in [-0.25, -0.2) is 0 Å². The van der Waals surface area contributed by atoms with Gasteiger partial charge in [0.1, 0.15) is 12.4 Å². The van der Waals surface area contributed by atoms with E-state index in [0.717, 1.165) is 24.0 Å². The number of amides is 3. The Hall–Kier alpha value is -3.39.